The molecule has 0 amide bonds. The molecule has 4 rings (SSSR count). The van der Waals surface area contributed by atoms with Gasteiger partial charge in [0.15, 0.2) is 5.82 Å². The van der Waals surface area contributed by atoms with E-state index in [-0.39, 0.29) is 6.04 Å². The second kappa shape index (κ2) is 8.97. The third kappa shape index (κ3) is 4.75. The van der Waals surface area contributed by atoms with E-state index in [0.717, 1.165) is 31.2 Å². The molecule has 6 heteroatoms. The fraction of sp³-hybridized carbons (Fsp3) is 0.409. The monoisotopic (exact) mass is 378 g/mol. The van der Waals surface area contributed by atoms with E-state index in [1.807, 2.05) is 30.6 Å². The molecule has 0 radical (unpaired) electrons. The summed E-state index contributed by atoms with van der Waals surface area (Å²) < 4.78 is 11.4. The number of nitrogens with zero attached hydrogens (tertiary/aromatic N) is 4. The summed E-state index contributed by atoms with van der Waals surface area (Å²) >= 11 is 0. The van der Waals surface area contributed by atoms with E-state index in [4.69, 9.17) is 9.26 Å². The van der Waals surface area contributed by atoms with Gasteiger partial charge in [0.2, 0.25) is 5.89 Å². The summed E-state index contributed by atoms with van der Waals surface area (Å²) in [5.74, 6) is 2.30. The first-order valence-electron chi connectivity index (χ1n) is 9.93. The van der Waals surface area contributed by atoms with Crippen molar-refractivity contribution in [2.24, 2.45) is 0 Å². The highest BCUT2D eigenvalue weighted by Gasteiger charge is 2.28. The highest BCUT2D eigenvalue weighted by atomic mass is 16.5. The predicted octanol–water partition coefficient (Wildman–Crippen LogP) is 4.12. The Balaban J connectivity index is 1.36. The van der Waals surface area contributed by atoms with Crippen molar-refractivity contribution in [2.45, 2.75) is 45.2 Å². The summed E-state index contributed by atoms with van der Waals surface area (Å²) in [6.07, 6.45) is 7.75. The van der Waals surface area contributed by atoms with Crippen LogP contribution in [0.5, 0.6) is 5.75 Å². The van der Waals surface area contributed by atoms with Crippen molar-refractivity contribution < 1.29 is 9.26 Å². The van der Waals surface area contributed by atoms with E-state index < -0.39 is 0 Å². The van der Waals surface area contributed by atoms with Crippen LogP contribution in [-0.2, 0) is 13.0 Å². The quantitative estimate of drug-likeness (QED) is 0.616. The SMILES string of the molecule is Cc1cccc(OCCc2noc(C3CCCCN3Cc3ccncc3)n2)c1. The molecule has 1 atom stereocenters. The number of ether oxygens (including phenoxy) is 1. The maximum absolute atomic E-state index is 5.81. The lowest BCUT2D eigenvalue weighted by Gasteiger charge is -2.33. The maximum Gasteiger partial charge on any atom is 0.244 e. The van der Waals surface area contributed by atoms with Crippen LogP contribution in [0.25, 0.3) is 0 Å². The number of hydrogen-bond donors (Lipinski definition) is 0. The van der Waals surface area contributed by atoms with Gasteiger partial charge in [0.1, 0.15) is 5.75 Å². The molecule has 1 unspecified atom stereocenters. The third-order valence-corrected chi connectivity index (χ3v) is 5.10. The van der Waals surface area contributed by atoms with Gasteiger partial charge in [-0.05, 0) is 61.7 Å². The van der Waals surface area contributed by atoms with Crippen LogP contribution in [0.15, 0.2) is 53.3 Å². The number of rotatable bonds is 7. The van der Waals surface area contributed by atoms with Gasteiger partial charge in [-0.15, -0.1) is 0 Å². The Morgan fingerprint density at radius 2 is 2.07 bits per heavy atom. The molecule has 1 aliphatic rings. The van der Waals surface area contributed by atoms with E-state index in [2.05, 4.69) is 45.1 Å². The Morgan fingerprint density at radius 1 is 1.18 bits per heavy atom. The second-order valence-electron chi connectivity index (χ2n) is 7.30. The first-order chi connectivity index (χ1) is 13.8. The number of aromatic nitrogens is 3. The number of likely N-dealkylation sites (tertiary alicyclic amines) is 1. The summed E-state index contributed by atoms with van der Waals surface area (Å²) in [4.78, 5) is 11.2. The van der Waals surface area contributed by atoms with Crippen LogP contribution in [0.1, 0.15) is 48.1 Å². The minimum absolute atomic E-state index is 0.181. The molecule has 0 saturated carbocycles. The molecule has 6 nitrogen and oxygen atoms in total. The molecule has 146 valence electrons. The van der Waals surface area contributed by atoms with Gasteiger partial charge in [-0.3, -0.25) is 9.88 Å². The minimum atomic E-state index is 0.181. The average molecular weight is 378 g/mol. The summed E-state index contributed by atoms with van der Waals surface area (Å²) in [7, 11) is 0. The predicted molar refractivity (Wildman–Crippen MR) is 106 cm³/mol. The van der Waals surface area contributed by atoms with Crippen molar-refractivity contribution in [3.05, 3.63) is 71.6 Å². The molecular weight excluding hydrogens is 352 g/mol. The lowest BCUT2D eigenvalue weighted by molar-refractivity contribution is 0.111. The first-order valence-corrected chi connectivity index (χ1v) is 9.93. The van der Waals surface area contributed by atoms with Crippen LogP contribution in [0, 0.1) is 6.92 Å². The lowest BCUT2D eigenvalue weighted by Crippen LogP contribution is -2.33. The minimum Gasteiger partial charge on any atom is -0.493 e. The van der Waals surface area contributed by atoms with Crippen LogP contribution >= 0.6 is 0 Å². The van der Waals surface area contributed by atoms with Crippen LogP contribution in [-0.4, -0.2) is 33.2 Å². The number of piperidine rings is 1. The summed E-state index contributed by atoms with van der Waals surface area (Å²) in [6, 6.07) is 12.4. The number of benzene rings is 1. The first kappa shape index (κ1) is 18.6. The molecule has 0 aliphatic carbocycles. The van der Waals surface area contributed by atoms with E-state index >= 15 is 0 Å². The van der Waals surface area contributed by atoms with E-state index in [0.29, 0.717) is 18.9 Å². The van der Waals surface area contributed by atoms with Crippen LogP contribution in [0.2, 0.25) is 0 Å². The summed E-state index contributed by atoms with van der Waals surface area (Å²) in [6.45, 7) is 4.51. The highest BCUT2D eigenvalue weighted by Crippen LogP contribution is 2.31. The molecule has 2 aromatic heterocycles. The summed E-state index contributed by atoms with van der Waals surface area (Å²) in [5.41, 5.74) is 2.44. The maximum atomic E-state index is 5.81. The van der Waals surface area contributed by atoms with Crippen LogP contribution < -0.4 is 4.74 Å². The molecule has 0 N–H and O–H groups in total. The van der Waals surface area contributed by atoms with Gasteiger partial charge in [0, 0.05) is 25.4 Å². The van der Waals surface area contributed by atoms with Gasteiger partial charge >= 0.3 is 0 Å². The fourth-order valence-corrected chi connectivity index (χ4v) is 3.65. The van der Waals surface area contributed by atoms with Crippen LogP contribution in [0.4, 0.5) is 0 Å². The standard InChI is InChI=1S/C22H26N4O2/c1-17-5-4-6-19(15-17)27-14-10-21-24-22(28-25-21)20-7-2-3-13-26(20)16-18-8-11-23-12-9-18/h4-6,8-9,11-12,15,20H,2-3,7,10,13-14,16H2,1H3. The molecule has 3 heterocycles. The number of hydrogen-bond acceptors (Lipinski definition) is 6. The Labute approximate surface area is 165 Å². The zero-order valence-corrected chi connectivity index (χ0v) is 16.3. The molecule has 1 fully saturated rings. The topological polar surface area (TPSA) is 64.3 Å². The summed E-state index contributed by atoms with van der Waals surface area (Å²) in [5, 5.41) is 4.18. The van der Waals surface area contributed by atoms with Gasteiger partial charge in [-0.2, -0.15) is 4.98 Å². The zero-order valence-electron chi connectivity index (χ0n) is 16.3. The van der Waals surface area contributed by atoms with E-state index in [9.17, 15) is 0 Å². The molecular formula is C22H26N4O2. The average Bonchev–Trinajstić information content (AvgIpc) is 3.18. The van der Waals surface area contributed by atoms with Crippen molar-refractivity contribution in [3.63, 3.8) is 0 Å². The Morgan fingerprint density at radius 3 is 2.93 bits per heavy atom. The van der Waals surface area contributed by atoms with Gasteiger partial charge in [0.05, 0.1) is 12.6 Å². The molecule has 3 aromatic rings. The molecule has 1 aliphatic heterocycles. The molecule has 0 spiro atoms. The number of pyridine rings is 1. The Hall–Kier alpha value is -2.73. The normalized spacial score (nSPS) is 17.5. The molecule has 0 bridgehead atoms. The molecule has 1 saturated heterocycles. The molecule has 1 aromatic carbocycles. The largest absolute Gasteiger partial charge is 0.493 e. The van der Waals surface area contributed by atoms with Crippen molar-refractivity contribution >= 4 is 0 Å². The lowest BCUT2D eigenvalue weighted by atomic mass is 10.0. The van der Waals surface area contributed by atoms with Gasteiger partial charge in [-0.25, -0.2) is 0 Å². The second-order valence-corrected chi connectivity index (χ2v) is 7.30. The smallest absolute Gasteiger partial charge is 0.244 e. The van der Waals surface area contributed by atoms with Crippen molar-refractivity contribution in [1.82, 2.24) is 20.0 Å². The van der Waals surface area contributed by atoms with Crippen molar-refractivity contribution in [2.75, 3.05) is 13.2 Å². The van der Waals surface area contributed by atoms with Crippen molar-refractivity contribution in [3.8, 4) is 5.75 Å². The van der Waals surface area contributed by atoms with E-state index in [1.165, 1.54) is 24.0 Å². The number of aryl methyl sites for hydroxylation is 1. The van der Waals surface area contributed by atoms with Gasteiger partial charge in [-0.1, -0.05) is 23.7 Å². The zero-order chi connectivity index (χ0) is 19.2. The molecule has 28 heavy (non-hydrogen) atoms. The van der Waals surface area contributed by atoms with Crippen molar-refractivity contribution in [1.29, 1.82) is 0 Å². The highest BCUT2D eigenvalue weighted by molar-refractivity contribution is 5.27. The van der Waals surface area contributed by atoms with Crippen LogP contribution in [0.3, 0.4) is 0 Å². The van der Waals surface area contributed by atoms with Gasteiger partial charge in [0.25, 0.3) is 0 Å². The van der Waals surface area contributed by atoms with E-state index in [1.54, 1.807) is 0 Å². The van der Waals surface area contributed by atoms with Gasteiger partial charge < -0.3 is 9.26 Å². The Kier molecular flexibility index (Phi) is 5.97. The fourth-order valence-electron chi connectivity index (χ4n) is 3.65. The third-order valence-electron chi connectivity index (χ3n) is 5.10. The Bertz CT molecular complexity index is 881.